The number of esters is 1. The molecular weight excluding hydrogens is 236 g/mol. The van der Waals surface area contributed by atoms with Crippen LogP contribution < -0.4 is 5.73 Å². The fourth-order valence-corrected chi connectivity index (χ4v) is 1.76. The Kier molecular flexibility index (Phi) is 6.64. The molecule has 0 saturated heterocycles. The van der Waals surface area contributed by atoms with Gasteiger partial charge in [0.2, 0.25) is 0 Å². The summed E-state index contributed by atoms with van der Waals surface area (Å²) in [6.07, 6.45) is 0. The van der Waals surface area contributed by atoms with E-state index < -0.39 is 5.41 Å². The molecule has 2 N–H and O–H groups in total. The number of carbonyl (C=O) groups is 1. The first kappa shape index (κ1) is 16.3. The second-order valence-electron chi connectivity index (χ2n) is 5.01. The third kappa shape index (κ3) is 5.46. The van der Waals surface area contributed by atoms with E-state index in [9.17, 15) is 4.79 Å². The van der Waals surface area contributed by atoms with Crippen LogP contribution in [0.15, 0.2) is 0 Å². The second kappa shape index (κ2) is 6.91. The van der Waals surface area contributed by atoms with Crippen LogP contribution in [0.25, 0.3) is 0 Å². The van der Waals surface area contributed by atoms with Crippen molar-refractivity contribution in [3.8, 4) is 0 Å². The van der Waals surface area contributed by atoms with Crippen LogP contribution in [0.4, 0.5) is 0 Å². The molecule has 0 aromatic rings. The fourth-order valence-electron chi connectivity index (χ4n) is 1.68. The first-order valence-corrected chi connectivity index (χ1v) is 6.25. The van der Waals surface area contributed by atoms with Gasteiger partial charge in [0.05, 0.1) is 17.5 Å². The van der Waals surface area contributed by atoms with Gasteiger partial charge < -0.3 is 15.4 Å². The van der Waals surface area contributed by atoms with Crippen LogP contribution in [-0.2, 0) is 9.53 Å². The highest BCUT2D eigenvalue weighted by Gasteiger charge is 2.31. The summed E-state index contributed by atoms with van der Waals surface area (Å²) in [6.45, 7) is 10.1. The molecule has 5 heteroatoms. The number of thiocarbonyl (C=S) groups is 1. The van der Waals surface area contributed by atoms with Gasteiger partial charge in [0.25, 0.3) is 0 Å². The number of rotatable bonds is 7. The smallest absolute Gasteiger partial charge is 0.312 e. The Labute approximate surface area is 109 Å². The molecular formula is C12H24N2O2S. The van der Waals surface area contributed by atoms with Crippen LogP contribution in [0.5, 0.6) is 0 Å². The van der Waals surface area contributed by atoms with Gasteiger partial charge in [0, 0.05) is 19.0 Å². The minimum Gasteiger partial charge on any atom is -0.469 e. The number of nitrogens with zero attached hydrogens (tertiary/aromatic N) is 1. The third-order valence-electron chi connectivity index (χ3n) is 2.82. The molecule has 1 unspecified atom stereocenters. The highest BCUT2D eigenvalue weighted by atomic mass is 32.1. The number of hydrogen-bond donors (Lipinski definition) is 1. The Morgan fingerprint density at radius 3 is 2.41 bits per heavy atom. The van der Waals surface area contributed by atoms with E-state index in [4.69, 9.17) is 22.7 Å². The molecule has 0 aliphatic carbocycles. The number of hydrogen-bond acceptors (Lipinski definition) is 4. The summed E-state index contributed by atoms with van der Waals surface area (Å²) in [7, 11) is 1.41. The first-order chi connectivity index (χ1) is 7.74. The van der Waals surface area contributed by atoms with E-state index in [0.717, 1.165) is 13.1 Å². The summed E-state index contributed by atoms with van der Waals surface area (Å²) in [4.78, 5) is 14.3. The van der Waals surface area contributed by atoms with Crippen LogP contribution in [0.1, 0.15) is 27.7 Å². The molecule has 0 aromatic heterocycles. The fraction of sp³-hybridized carbons (Fsp3) is 0.833. The summed E-state index contributed by atoms with van der Waals surface area (Å²) in [5.74, 6) is -0.0441. The average molecular weight is 260 g/mol. The van der Waals surface area contributed by atoms with Crippen molar-refractivity contribution >= 4 is 23.2 Å². The molecule has 17 heavy (non-hydrogen) atoms. The molecule has 0 spiro atoms. The molecule has 0 aromatic carbocycles. The molecule has 0 amide bonds. The van der Waals surface area contributed by atoms with Gasteiger partial charge >= 0.3 is 5.97 Å². The van der Waals surface area contributed by atoms with Crippen LogP contribution in [0.2, 0.25) is 0 Å². The lowest BCUT2D eigenvalue weighted by Gasteiger charge is -2.31. The van der Waals surface area contributed by atoms with Crippen molar-refractivity contribution in [3.63, 3.8) is 0 Å². The number of ether oxygens (including phenoxy) is 1. The van der Waals surface area contributed by atoms with Crippen molar-refractivity contribution in [3.05, 3.63) is 0 Å². The molecule has 0 fully saturated rings. The zero-order valence-corrected chi connectivity index (χ0v) is 12.3. The van der Waals surface area contributed by atoms with Crippen LogP contribution in [0.3, 0.4) is 0 Å². The molecule has 100 valence electrons. The second-order valence-corrected chi connectivity index (χ2v) is 5.48. The van der Waals surface area contributed by atoms with E-state index in [1.54, 1.807) is 0 Å². The largest absolute Gasteiger partial charge is 0.469 e. The predicted octanol–water partition coefficient (Wildman–Crippen LogP) is 1.43. The van der Waals surface area contributed by atoms with Gasteiger partial charge in [0.1, 0.15) is 0 Å². The molecule has 0 aliphatic heterocycles. The number of nitrogens with two attached hydrogens (primary N) is 1. The number of methoxy groups -OCH3 is 1. The average Bonchev–Trinajstić information content (AvgIpc) is 2.26. The number of carbonyl (C=O) groups excluding carboxylic acids is 1. The Hall–Kier alpha value is -0.680. The van der Waals surface area contributed by atoms with E-state index >= 15 is 0 Å². The molecule has 0 rings (SSSR count). The highest BCUT2D eigenvalue weighted by Crippen LogP contribution is 2.19. The van der Waals surface area contributed by atoms with Gasteiger partial charge in [-0.2, -0.15) is 0 Å². The van der Waals surface area contributed by atoms with Gasteiger partial charge in [-0.25, -0.2) is 0 Å². The quantitative estimate of drug-likeness (QED) is 0.554. The summed E-state index contributed by atoms with van der Waals surface area (Å²) in [5, 5.41) is 0. The molecule has 1 atom stereocenters. The molecule has 0 saturated carbocycles. The Bertz CT molecular complexity index is 280. The first-order valence-electron chi connectivity index (χ1n) is 5.84. The van der Waals surface area contributed by atoms with Crippen molar-refractivity contribution in [2.75, 3.05) is 26.7 Å². The van der Waals surface area contributed by atoms with E-state index in [-0.39, 0.29) is 11.9 Å². The van der Waals surface area contributed by atoms with E-state index in [0.29, 0.717) is 11.5 Å². The van der Waals surface area contributed by atoms with Crippen LogP contribution in [-0.4, -0.2) is 42.6 Å². The van der Waals surface area contributed by atoms with Gasteiger partial charge in [-0.1, -0.05) is 26.1 Å². The SMILES string of the molecule is CCN(CC(C)C(N)=S)CC(C)(C)C(=O)OC. The highest BCUT2D eigenvalue weighted by molar-refractivity contribution is 7.80. The van der Waals surface area contributed by atoms with Crippen molar-refractivity contribution in [1.29, 1.82) is 0 Å². The molecule has 0 bridgehead atoms. The maximum absolute atomic E-state index is 11.6. The summed E-state index contributed by atoms with van der Waals surface area (Å²) in [5.41, 5.74) is 5.09. The third-order valence-corrected chi connectivity index (χ3v) is 3.22. The van der Waals surface area contributed by atoms with Crippen LogP contribution in [0, 0.1) is 11.3 Å². The Balaban J connectivity index is 4.49. The lowest BCUT2D eigenvalue weighted by atomic mass is 9.92. The minimum absolute atomic E-state index is 0.151. The molecule has 4 nitrogen and oxygen atoms in total. The van der Waals surface area contributed by atoms with E-state index in [1.807, 2.05) is 20.8 Å². The summed E-state index contributed by atoms with van der Waals surface area (Å²) in [6, 6.07) is 0. The van der Waals surface area contributed by atoms with Gasteiger partial charge in [-0.3, -0.25) is 4.79 Å². The van der Waals surface area contributed by atoms with Gasteiger partial charge in [-0.15, -0.1) is 0 Å². The predicted molar refractivity (Wildman–Crippen MR) is 73.9 cm³/mol. The zero-order chi connectivity index (χ0) is 13.6. The van der Waals surface area contributed by atoms with Gasteiger partial charge in [-0.05, 0) is 20.4 Å². The molecule has 0 radical (unpaired) electrons. The maximum atomic E-state index is 11.6. The summed E-state index contributed by atoms with van der Waals surface area (Å²) >= 11 is 4.96. The zero-order valence-electron chi connectivity index (χ0n) is 11.4. The summed E-state index contributed by atoms with van der Waals surface area (Å²) < 4.78 is 4.80. The van der Waals surface area contributed by atoms with Crippen molar-refractivity contribution < 1.29 is 9.53 Å². The monoisotopic (exact) mass is 260 g/mol. The van der Waals surface area contributed by atoms with E-state index in [1.165, 1.54) is 7.11 Å². The maximum Gasteiger partial charge on any atom is 0.312 e. The lowest BCUT2D eigenvalue weighted by molar-refractivity contribution is -0.151. The molecule has 0 heterocycles. The van der Waals surface area contributed by atoms with Crippen molar-refractivity contribution in [1.82, 2.24) is 4.90 Å². The van der Waals surface area contributed by atoms with Crippen LogP contribution >= 0.6 is 12.2 Å². The van der Waals surface area contributed by atoms with Crippen molar-refractivity contribution in [2.24, 2.45) is 17.1 Å². The van der Waals surface area contributed by atoms with Gasteiger partial charge in [0.15, 0.2) is 0 Å². The molecule has 0 aliphatic rings. The topological polar surface area (TPSA) is 55.6 Å². The minimum atomic E-state index is -0.513. The normalized spacial score (nSPS) is 13.5. The standard InChI is InChI=1S/C12H24N2O2S/c1-6-14(7-9(2)10(13)17)8-12(3,4)11(15)16-5/h9H,6-8H2,1-5H3,(H2,13,17). The Morgan fingerprint density at radius 2 is 2.06 bits per heavy atom. The Morgan fingerprint density at radius 1 is 1.53 bits per heavy atom. The van der Waals surface area contributed by atoms with E-state index in [2.05, 4.69) is 11.8 Å². The lowest BCUT2D eigenvalue weighted by Crippen LogP contribution is -2.43. The van der Waals surface area contributed by atoms with Crippen molar-refractivity contribution in [2.45, 2.75) is 27.7 Å².